The largest absolute Gasteiger partial charge is 0.310 e. The van der Waals surface area contributed by atoms with Crippen molar-refractivity contribution in [2.75, 3.05) is 20.6 Å². The highest BCUT2D eigenvalue weighted by Crippen LogP contribution is 1.82. The van der Waals surface area contributed by atoms with Gasteiger partial charge in [0, 0.05) is 12.2 Å². The van der Waals surface area contributed by atoms with Crippen molar-refractivity contribution >= 4 is 11.8 Å². The summed E-state index contributed by atoms with van der Waals surface area (Å²) in [5.74, 6) is -0.657. The van der Waals surface area contributed by atoms with Gasteiger partial charge in [0.25, 0.3) is 11.8 Å². The van der Waals surface area contributed by atoms with Crippen molar-refractivity contribution in [3.8, 4) is 0 Å². The Morgan fingerprint density at radius 3 is 1.67 bits per heavy atom. The van der Waals surface area contributed by atoms with Crippen molar-refractivity contribution in [3.63, 3.8) is 0 Å². The van der Waals surface area contributed by atoms with Crippen LogP contribution < -0.4 is 5.32 Å². The highest BCUT2D eigenvalue weighted by molar-refractivity contribution is 6.12. The van der Waals surface area contributed by atoms with Crippen LogP contribution in [0.4, 0.5) is 0 Å². The SMILES string of the molecule is CCN(C)C.O=C1C=CC(=O)N1. The highest BCUT2D eigenvalue weighted by Gasteiger charge is 2.06. The third kappa shape index (κ3) is 5.61. The molecule has 0 aromatic carbocycles. The maximum absolute atomic E-state index is 10.0. The Morgan fingerprint density at radius 1 is 1.25 bits per heavy atom. The Balaban J connectivity index is 0.000000217. The van der Waals surface area contributed by atoms with Gasteiger partial charge in [-0.25, -0.2) is 0 Å². The molecule has 1 aliphatic rings. The summed E-state index contributed by atoms with van der Waals surface area (Å²) in [6, 6.07) is 0. The Labute approximate surface area is 72.2 Å². The highest BCUT2D eigenvalue weighted by atomic mass is 16.2. The van der Waals surface area contributed by atoms with Crippen LogP contribution >= 0.6 is 0 Å². The summed E-state index contributed by atoms with van der Waals surface area (Å²) in [5.41, 5.74) is 0. The molecule has 0 saturated carbocycles. The van der Waals surface area contributed by atoms with Crippen molar-refractivity contribution in [2.24, 2.45) is 0 Å². The molecule has 0 aromatic heterocycles. The van der Waals surface area contributed by atoms with Crippen LogP contribution in [-0.2, 0) is 9.59 Å². The second-order valence-electron chi connectivity index (χ2n) is 2.58. The Kier molecular flexibility index (Phi) is 4.96. The van der Waals surface area contributed by atoms with Crippen LogP contribution in [0.3, 0.4) is 0 Å². The number of nitrogens with zero attached hydrogens (tertiary/aromatic N) is 1. The number of hydrogen-bond donors (Lipinski definition) is 1. The number of carbonyl (C=O) groups excluding carboxylic acids is 2. The first-order valence-electron chi connectivity index (χ1n) is 3.74. The zero-order valence-electron chi connectivity index (χ0n) is 7.63. The van der Waals surface area contributed by atoms with E-state index < -0.39 is 0 Å². The van der Waals surface area contributed by atoms with Gasteiger partial charge in [0.15, 0.2) is 0 Å². The molecule has 0 aromatic rings. The van der Waals surface area contributed by atoms with Crippen LogP contribution in [-0.4, -0.2) is 37.4 Å². The quantitative estimate of drug-likeness (QED) is 0.553. The van der Waals surface area contributed by atoms with Crippen LogP contribution in [0.15, 0.2) is 12.2 Å². The molecule has 1 heterocycles. The average molecular weight is 170 g/mol. The summed E-state index contributed by atoms with van der Waals surface area (Å²) in [5, 5.41) is 2.03. The Bertz CT molecular complexity index is 181. The fraction of sp³-hybridized carbons (Fsp3) is 0.500. The van der Waals surface area contributed by atoms with Gasteiger partial charge >= 0.3 is 0 Å². The number of nitrogens with one attached hydrogen (secondary N) is 1. The van der Waals surface area contributed by atoms with Crippen molar-refractivity contribution in [1.29, 1.82) is 0 Å². The summed E-state index contributed by atoms with van der Waals surface area (Å²) < 4.78 is 0. The summed E-state index contributed by atoms with van der Waals surface area (Å²) >= 11 is 0. The molecule has 1 aliphatic heterocycles. The molecular weight excluding hydrogens is 156 g/mol. The van der Waals surface area contributed by atoms with E-state index in [0.29, 0.717) is 0 Å². The third-order valence-corrected chi connectivity index (χ3v) is 1.26. The molecule has 4 nitrogen and oxygen atoms in total. The minimum Gasteiger partial charge on any atom is -0.310 e. The first kappa shape index (κ1) is 10.8. The summed E-state index contributed by atoms with van der Waals surface area (Å²) in [6.07, 6.45) is 2.39. The van der Waals surface area contributed by atoms with Crippen molar-refractivity contribution in [3.05, 3.63) is 12.2 Å². The average Bonchev–Trinajstić information content (AvgIpc) is 2.36. The van der Waals surface area contributed by atoms with Gasteiger partial charge in [0.1, 0.15) is 0 Å². The van der Waals surface area contributed by atoms with E-state index in [1.165, 1.54) is 12.2 Å². The molecule has 0 unspecified atom stereocenters. The predicted molar refractivity (Wildman–Crippen MR) is 46.5 cm³/mol. The van der Waals surface area contributed by atoms with E-state index >= 15 is 0 Å². The van der Waals surface area contributed by atoms with E-state index in [-0.39, 0.29) is 11.8 Å². The van der Waals surface area contributed by atoms with E-state index in [0.717, 1.165) is 6.54 Å². The molecule has 0 spiro atoms. The third-order valence-electron chi connectivity index (χ3n) is 1.26. The summed E-state index contributed by atoms with van der Waals surface area (Å²) in [6.45, 7) is 3.26. The lowest BCUT2D eigenvalue weighted by atomic mass is 10.6. The van der Waals surface area contributed by atoms with Gasteiger partial charge in [-0.2, -0.15) is 0 Å². The Morgan fingerprint density at radius 2 is 1.58 bits per heavy atom. The van der Waals surface area contributed by atoms with Crippen molar-refractivity contribution in [1.82, 2.24) is 10.2 Å². The molecule has 12 heavy (non-hydrogen) atoms. The number of rotatable bonds is 1. The molecule has 0 radical (unpaired) electrons. The smallest absolute Gasteiger partial charge is 0.250 e. The van der Waals surface area contributed by atoms with Gasteiger partial charge in [0.2, 0.25) is 0 Å². The molecule has 68 valence electrons. The zero-order chi connectivity index (χ0) is 9.56. The molecule has 0 aliphatic carbocycles. The topological polar surface area (TPSA) is 49.4 Å². The standard InChI is InChI=1S/C4H3NO2.C4H11N/c6-3-1-2-4(7)5-3;1-4-5(2)3/h1-2H,(H,5,6,7);4H2,1-3H3. The molecule has 0 saturated heterocycles. The first-order valence-corrected chi connectivity index (χ1v) is 3.74. The summed E-state index contributed by atoms with van der Waals surface area (Å²) in [7, 11) is 4.11. The molecule has 0 atom stereocenters. The number of amides is 2. The number of imide groups is 1. The second-order valence-corrected chi connectivity index (χ2v) is 2.58. The second kappa shape index (κ2) is 5.49. The first-order chi connectivity index (χ1) is 5.56. The van der Waals surface area contributed by atoms with E-state index in [9.17, 15) is 9.59 Å². The van der Waals surface area contributed by atoms with Crippen LogP contribution in [0.2, 0.25) is 0 Å². The predicted octanol–water partition coefficient (Wildman–Crippen LogP) is -0.233. The fourth-order valence-electron chi connectivity index (χ4n) is 0.356. The van der Waals surface area contributed by atoms with Gasteiger partial charge in [-0.05, 0) is 20.6 Å². The fourth-order valence-corrected chi connectivity index (χ4v) is 0.356. The lowest BCUT2D eigenvalue weighted by Crippen LogP contribution is -2.19. The molecule has 4 heteroatoms. The van der Waals surface area contributed by atoms with Gasteiger partial charge < -0.3 is 4.90 Å². The van der Waals surface area contributed by atoms with Gasteiger partial charge in [-0.1, -0.05) is 6.92 Å². The molecular formula is C8H14N2O2. The monoisotopic (exact) mass is 170 g/mol. The molecule has 1 N–H and O–H groups in total. The van der Waals surface area contributed by atoms with Crippen LogP contribution in [0.1, 0.15) is 6.92 Å². The maximum atomic E-state index is 10.0. The molecule has 2 amide bonds. The van der Waals surface area contributed by atoms with Crippen LogP contribution in [0.5, 0.6) is 0 Å². The van der Waals surface area contributed by atoms with E-state index in [1.807, 2.05) is 5.32 Å². The Hall–Kier alpha value is -1.16. The lowest BCUT2D eigenvalue weighted by molar-refractivity contribution is -0.123. The molecule has 1 rings (SSSR count). The van der Waals surface area contributed by atoms with E-state index in [2.05, 4.69) is 25.9 Å². The van der Waals surface area contributed by atoms with Crippen LogP contribution in [0, 0.1) is 0 Å². The van der Waals surface area contributed by atoms with Crippen molar-refractivity contribution in [2.45, 2.75) is 6.92 Å². The number of hydrogen-bond acceptors (Lipinski definition) is 3. The van der Waals surface area contributed by atoms with E-state index in [1.54, 1.807) is 0 Å². The van der Waals surface area contributed by atoms with Gasteiger partial charge in [-0.15, -0.1) is 0 Å². The van der Waals surface area contributed by atoms with Gasteiger partial charge in [0.05, 0.1) is 0 Å². The zero-order valence-corrected chi connectivity index (χ0v) is 7.63. The normalized spacial score (nSPS) is 14.3. The minimum absolute atomic E-state index is 0.329. The number of carbonyl (C=O) groups is 2. The van der Waals surface area contributed by atoms with Gasteiger partial charge in [-0.3, -0.25) is 14.9 Å². The van der Waals surface area contributed by atoms with Crippen LogP contribution in [0.25, 0.3) is 0 Å². The summed E-state index contributed by atoms with van der Waals surface area (Å²) in [4.78, 5) is 22.2. The maximum Gasteiger partial charge on any atom is 0.250 e. The van der Waals surface area contributed by atoms with E-state index in [4.69, 9.17) is 0 Å². The molecule has 0 bridgehead atoms. The molecule has 0 fully saturated rings. The lowest BCUT2D eigenvalue weighted by Gasteiger charge is -2.00. The minimum atomic E-state index is -0.329. The van der Waals surface area contributed by atoms with Crippen molar-refractivity contribution < 1.29 is 9.59 Å².